The van der Waals surface area contributed by atoms with Gasteiger partial charge in [0, 0.05) is 17.1 Å². The molecule has 32 heavy (non-hydrogen) atoms. The molecule has 5 heteroatoms. The average Bonchev–Trinajstić information content (AvgIpc) is 3.37. The number of esters is 1. The molecule has 5 rings (SSSR count). The number of rotatable bonds is 4. The summed E-state index contributed by atoms with van der Waals surface area (Å²) in [5.41, 5.74) is 2.57. The molecule has 4 fully saturated rings. The molecule has 2 aliphatic carbocycles. The van der Waals surface area contributed by atoms with Gasteiger partial charge in [-0.2, -0.15) is 0 Å². The highest BCUT2D eigenvalue weighted by Gasteiger charge is 2.63. The fourth-order valence-electron chi connectivity index (χ4n) is 6.62. The summed E-state index contributed by atoms with van der Waals surface area (Å²) in [5.74, 6) is 0.536. The Labute approximate surface area is 197 Å². The molecule has 0 aromatic heterocycles. The van der Waals surface area contributed by atoms with E-state index in [4.69, 9.17) is 14.2 Å². The molecule has 1 aromatic carbocycles. The average molecular weight is 459 g/mol. The van der Waals surface area contributed by atoms with E-state index in [0.717, 1.165) is 19.3 Å². The van der Waals surface area contributed by atoms with Crippen LogP contribution in [-0.2, 0) is 24.4 Å². The number of carbonyl (C=O) groups is 1. The van der Waals surface area contributed by atoms with Crippen LogP contribution in [0.4, 0.5) is 0 Å². The number of carbonyl (C=O) groups excluding carboxylic acids is 1. The van der Waals surface area contributed by atoms with Crippen LogP contribution in [0.5, 0.6) is 0 Å². The Morgan fingerprint density at radius 3 is 2.50 bits per heavy atom. The Kier molecular flexibility index (Phi) is 5.70. The summed E-state index contributed by atoms with van der Waals surface area (Å²) in [6, 6.07) is 8.88. The van der Waals surface area contributed by atoms with Crippen LogP contribution in [0, 0.1) is 24.7 Å². The van der Waals surface area contributed by atoms with Gasteiger partial charge in [0.05, 0.1) is 12.2 Å². The van der Waals surface area contributed by atoms with E-state index in [-0.39, 0.29) is 40.9 Å². The van der Waals surface area contributed by atoms with E-state index in [2.05, 4.69) is 52.0 Å². The van der Waals surface area contributed by atoms with Crippen molar-refractivity contribution in [3.05, 3.63) is 35.4 Å². The van der Waals surface area contributed by atoms with Crippen molar-refractivity contribution in [1.82, 2.24) is 0 Å². The van der Waals surface area contributed by atoms with Crippen LogP contribution in [0.2, 0.25) is 0 Å². The zero-order valence-electron chi connectivity index (χ0n) is 20.3. The standard InChI is InChI=1S/C27H38O4S/c1-15-7-10-17(11-8-15)26(3,4)19-12-9-16(2)13-20(19)29-25(28)24-18-14-21(32-24)23-22(18)30-27(5,6)31-23/h7-8,10-11,16,18-24H,9,12-14H2,1-6H3/t16-,18+,19-,20-,21-,22-,23+,24+/m1/s1. The third kappa shape index (κ3) is 3.92. The second-order valence-electron chi connectivity index (χ2n) is 11.6. The number of ether oxygens (including phenoxy) is 3. The Bertz CT molecular complexity index is 863. The van der Waals surface area contributed by atoms with Crippen molar-refractivity contribution in [1.29, 1.82) is 0 Å². The number of benzene rings is 1. The maximum atomic E-state index is 13.5. The molecule has 8 atom stereocenters. The van der Waals surface area contributed by atoms with Crippen LogP contribution in [0.15, 0.2) is 24.3 Å². The Hall–Kier alpha value is -1.04. The Morgan fingerprint density at radius 2 is 1.78 bits per heavy atom. The van der Waals surface area contributed by atoms with Crippen molar-refractivity contribution in [2.24, 2.45) is 17.8 Å². The number of hydrogen-bond donors (Lipinski definition) is 0. The fraction of sp³-hybridized carbons (Fsp3) is 0.741. The van der Waals surface area contributed by atoms with Crippen LogP contribution >= 0.6 is 11.8 Å². The van der Waals surface area contributed by atoms with Gasteiger partial charge < -0.3 is 14.2 Å². The van der Waals surface area contributed by atoms with Crippen molar-refractivity contribution in [3.8, 4) is 0 Å². The Morgan fingerprint density at radius 1 is 1.09 bits per heavy atom. The highest BCUT2D eigenvalue weighted by Crippen LogP contribution is 2.56. The van der Waals surface area contributed by atoms with Gasteiger partial charge in [0.25, 0.3) is 0 Å². The first-order valence-electron chi connectivity index (χ1n) is 12.3. The normalized spacial score (nSPS) is 40.3. The molecule has 0 N–H and O–H groups in total. The van der Waals surface area contributed by atoms with Crippen LogP contribution in [0.3, 0.4) is 0 Å². The highest BCUT2D eigenvalue weighted by atomic mass is 32.2. The smallest absolute Gasteiger partial charge is 0.319 e. The largest absolute Gasteiger partial charge is 0.461 e. The quantitative estimate of drug-likeness (QED) is 0.546. The summed E-state index contributed by atoms with van der Waals surface area (Å²) in [7, 11) is 0. The Balaban J connectivity index is 1.32. The predicted molar refractivity (Wildman–Crippen MR) is 128 cm³/mol. The first kappa shape index (κ1) is 22.7. The third-order valence-corrected chi connectivity index (χ3v) is 10.1. The van der Waals surface area contributed by atoms with Gasteiger partial charge in [-0.3, -0.25) is 4.79 Å². The van der Waals surface area contributed by atoms with Crippen molar-refractivity contribution >= 4 is 17.7 Å². The van der Waals surface area contributed by atoms with Gasteiger partial charge in [0.15, 0.2) is 5.79 Å². The van der Waals surface area contributed by atoms with E-state index in [1.807, 2.05) is 13.8 Å². The predicted octanol–water partition coefficient (Wildman–Crippen LogP) is 5.64. The van der Waals surface area contributed by atoms with Gasteiger partial charge in [0.2, 0.25) is 0 Å². The van der Waals surface area contributed by atoms with E-state index in [1.165, 1.54) is 17.5 Å². The van der Waals surface area contributed by atoms with E-state index in [9.17, 15) is 4.79 Å². The van der Waals surface area contributed by atoms with Gasteiger partial charge in [-0.15, -0.1) is 11.8 Å². The molecule has 2 saturated heterocycles. The summed E-state index contributed by atoms with van der Waals surface area (Å²) in [6.07, 6.45) is 4.35. The molecule has 0 amide bonds. The molecule has 4 nitrogen and oxygen atoms in total. The summed E-state index contributed by atoms with van der Waals surface area (Å²) >= 11 is 1.76. The summed E-state index contributed by atoms with van der Waals surface area (Å²) in [4.78, 5) is 13.5. The van der Waals surface area contributed by atoms with E-state index < -0.39 is 5.79 Å². The second-order valence-corrected chi connectivity index (χ2v) is 13.0. The lowest BCUT2D eigenvalue weighted by atomic mass is 9.64. The van der Waals surface area contributed by atoms with E-state index >= 15 is 0 Å². The molecule has 1 aromatic rings. The van der Waals surface area contributed by atoms with Gasteiger partial charge in [-0.05, 0) is 56.9 Å². The molecule has 176 valence electrons. The lowest BCUT2D eigenvalue weighted by molar-refractivity contribution is -0.163. The molecule has 2 heterocycles. The van der Waals surface area contributed by atoms with Crippen LogP contribution < -0.4 is 0 Å². The highest BCUT2D eigenvalue weighted by molar-refractivity contribution is 8.01. The molecule has 0 radical (unpaired) electrons. The van der Waals surface area contributed by atoms with Crippen molar-refractivity contribution in [2.75, 3.05) is 0 Å². The number of hydrogen-bond acceptors (Lipinski definition) is 5. The minimum absolute atomic E-state index is 0.0267. The summed E-state index contributed by atoms with van der Waals surface area (Å²) < 4.78 is 18.7. The minimum Gasteiger partial charge on any atom is -0.461 e. The third-order valence-electron chi connectivity index (χ3n) is 8.44. The molecular weight excluding hydrogens is 420 g/mol. The number of fused-ring (bicyclic) bond motifs is 5. The maximum Gasteiger partial charge on any atom is 0.319 e. The monoisotopic (exact) mass is 458 g/mol. The molecule has 0 spiro atoms. The van der Waals surface area contributed by atoms with E-state index in [0.29, 0.717) is 17.1 Å². The molecular formula is C27H38O4S. The number of thioether (sulfide) groups is 1. The first-order valence-corrected chi connectivity index (χ1v) is 13.3. The zero-order valence-corrected chi connectivity index (χ0v) is 21.1. The number of aryl methyl sites for hydroxylation is 1. The molecule has 2 bridgehead atoms. The second kappa shape index (κ2) is 8.02. The summed E-state index contributed by atoms with van der Waals surface area (Å²) in [6.45, 7) is 13.0. The first-order chi connectivity index (χ1) is 15.0. The zero-order chi connectivity index (χ0) is 22.8. The van der Waals surface area contributed by atoms with Crippen molar-refractivity contribution in [3.63, 3.8) is 0 Å². The molecule has 2 saturated carbocycles. The fourth-order valence-corrected chi connectivity index (χ4v) is 8.33. The summed E-state index contributed by atoms with van der Waals surface area (Å²) in [5, 5.41) is 0.216. The maximum absolute atomic E-state index is 13.5. The molecule has 4 aliphatic rings. The van der Waals surface area contributed by atoms with Crippen LogP contribution in [0.25, 0.3) is 0 Å². The lowest BCUT2D eigenvalue weighted by Gasteiger charge is -2.44. The topological polar surface area (TPSA) is 44.8 Å². The minimum atomic E-state index is -0.548. The van der Waals surface area contributed by atoms with Crippen LogP contribution in [-0.4, -0.2) is 40.6 Å². The van der Waals surface area contributed by atoms with E-state index in [1.54, 1.807) is 11.8 Å². The van der Waals surface area contributed by atoms with Gasteiger partial charge >= 0.3 is 5.97 Å². The molecule has 2 aliphatic heterocycles. The molecule has 0 unspecified atom stereocenters. The van der Waals surface area contributed by atoms with Crippen molar-refractivity contribution in [2.45, 2.75) is 107 Å². The van der Waals surface area contributed by atoms with Crippen LogP contribution in [0.1, 0.15) is 71.4 Å². The van der Waals surface area contributed by atoms with Crippen molar-refractivity contribution < 1.29 is 19.0 Å². The van der Waals surface area contributed by atoms with Gasteiger partial charge in [-0.1, -0.05) is 57.0 Å². The lowest BCUT2D eigenvalue weighted by Crippen LogP contribution is -2.46. The van der Waals surface area contributed by atoms with Gasteiger partial charge in [-0.25, -0.2) is 0 Å². The van der Waals surface area contributed by atoms with Gasteiger partial charge in [0.1, 0.15) is 11.4 Å². The SMILES string of the molecule is Cc1ccc(C(C)(C)[C@@H]2CC[C@@H](C)C[C@H]2OC(=O)[C@H]2S[C@@H]3C[C@H]2[C@H]2OC(C)(C)O[C@H]23)cc1.